The molecule has 1 rings (SSSR count). The van der Waals surface area contributed by atoms with Gasteiger partial charge in [-0.15, -0.1) is 0 Å². The minimum absolute atomic E-state index is 0.657. The number of hydrogen-bond donors (Lipinski definition) is 1. The van der Waals surface area contributed by atoms with E-state index in [9.17, 15) is 4.79 Å². The van der Waals surface area contributed by atoms with Crippen LogP contribution in [-0.2, 0) is 9.47 Å². The maximum Gasteiger partial charge on any atom is 0.507 e. The highest BCUT2D eigenvalue weighted by Gasteiger charge is 1.93. The number of rotatable bonds is 0. The predicted molar refractivity (Wildman–Crippen MR) is 46.1 cm³/mol. The van der Waals surface area contributed by atoms with Crippen molar-refractivity contribution in [3.05, 3.63) is 0 Å². The van der Waals surface area contributed by atoms with Crippen LogP contribution in [0.1, 0.15) is 19.3 Å². The Labute approximate surface area is 73.2 Å². The van der Waals surface area contributed by atoms with Crippen LogP contribution in [0.4, 0.5) is 4.79 Å². The van der Waals surface area contributed by atoms with Gasteiger partial charge in [0.1, 0.15) is 0 Å². The molecule has 4 nitrogen and oxygen atoms in total. The summed E-state index contributed by atoms with van der Waals surface area (Å²) >= 11 is 0. The molecule has 0 saturated carbocycles. The van der Waals surface area contributed by atoms with E-state index in [1.807, 2.05) is 0 Å². The van der Waals surface area contributed by atoms with E-state index < -0.39 is 6.16 Å². The van der Waals surface area contributed by atoms with Gasteiger partial charge in [-0.05, 0) is 25.9 Å². The average Bonchev–Trinajstić information content (AvgIpc) is 2.20. The zero-order valence-corrected chi connectivity index (χ0v) is 7.76. The second kappa shape index (κ2) is 8.33. The molecule has 0 aromatic rings. The second-order valence-corrected chi connectivity index (χ2v) is 2.47. The summed E-state index contributed by atoms with van der Waals surface area (Å²) in [7, 11) is 2.51. The minimum Gasteiger partial charge on any atom is -0.438 e. The van der Waals surface area contributed by atoms with E-state index >= 15 is 0 Å². The first-order chi connectivity index (χ1) is 5.81. The summed E-state index contributed by atoms with van der Waals surface area (Å²) in [5.41, 5.74) is 0. The Morgan fingerprint density at radius 2 is 1.58 bits per heavy atom. The molecule has 4 heteroatoms. The topological polar surface area (TPSA) is 47.6 Å². The van der Waals surface area contributed by atoms with Crippen LogP contribution < -0.4 is 5.32 Å². The van der Waals surface area contributed by atoms with Gasteiger partial charge in [0, 0.05) is 0 Å². The van der Waals surface area contributed by atoms with Crippen LogP contribution in [0, 0.1) is 0 Å². The van der Waals surface area contributed by atoms with Crippen molar-refractivity contribution in [1.82, 2.24) is 5.32 Å². The zero-order valence-electron chi connectivity index (χ0n) is 7.76. The van der Waals surface area contributed by atoms with E-state index in [-0.39, 0.29) is 0 Å². The zero-order chi connectivity index (χ0) is 9.23. The monoisotopic (exact) mass is 175 g/mol. The minimum atomic E-state index is -0.657. The summed E-state index contributed by atoms with van der Waals surface area (Å²) in [6.45, 7) is 2.50. The smallest absolute Gasteiger partial charge is 0.438 e. The van der Waals surface area contributed by atoms with Gasteiger partial charge in [-0.3, -0.25) is 0 Å². The van der Waals surface area contributed by atoms with E-state index in [4.69, 9.17) is 0 Å². The molecule has 0 atom stereocenters. The van der Waals surface area contributed by atoms with Crippen LogP contribution in [0.5, 0.6) is 0 Å². The summed E-state index contributed by atoms with van der Waals surface area (Å²) in [6.07, 6.45) is 3.56. The highest BCUT2D eigenvalue weighted by molar-refractivity contribution is 5.59. The van der Waals surface area contributed by atoms with Gasteiger partial charge in [-0.1, -0.05) is 6.42 Å². The molecule has 1 heterocycles. The Hall–Kier alpha value is -0.770. The second-order valence-electron chi connectivity index (χ2n) is 2.47. The summed E-state index contributed by atoms with van der Waals surface area (Å²) in [6, 6.07) is 0. The molecule has 1 aliphatic heterocycles. The molecule has 1 N–H and O–H groups in total. The van der Waals surface area contributed by atoms with Crippen molar-refractivity contribution in [2.45, 2.75) is 19.3 Å². The van der Waals surface area contributed by atoms with Crippen molar-refractivity contribution in [2.75, 3.05) is 27.3 Å². The van der Waals surface area contributed by atoms with Crippen molar-refractivity contribution < 1.29 is 14.3 Å². The van der Waals surface area contributed by atoms with Gasteiger partial charge in [-0.2, -0.15) is 0 Å². The first-order valence-electron chi connectivity index (χ1n) is 4.14. The van der Waals surface area contributed by atoms with Crippen molar-refractivity contribution in [1.29, 1.82) is 0 Å². The number of carbonyl (C=O) groups excluding carboxylic acids is 1. The molecule has 1 aliphatic rings. The fourth-order valence-corrected chi connectivity index (χ4v) is 0.885. The van der Waals surface area contributed by atoms with Gasteiger partial charge in [0.15, 0.2) is 0 Å². The average molecular weight is 175 g/mol. The number of piperidine rings is 1. The molecule has 72 valence electrons. The fraction of sp³-hybridized carbons (Fsp3) is 0.875. The maximum absolute atomic E-state index is 9.74. The van der Waals surface area contributed by atoms with E-state index in [1.165, 1.54) is 46.6 Å². The normalized spacial score (nSPS) is 15.5. The van der Waals surface area contributed by atoms with Crippen LogP contribution in [0.15, 0.2) is 0 Å². The first-order valence-corrected chi connectivity index (χ1v) is 4.14. The standard InChI is InChI=1S/C5H11N.C3H6O3/c1-2-4-6-5-3-1;1-5-3(4)6-2/h6H,1-5H2;1-2H3. The molecular weight excluding hydrogens is 158 g/mol. The third-order valence-corrected chi connectivity index (χ3v) is 1.54. The Morgan fingerprint density at radius 3 is 1.67 bits per heavy atom. The van der Waals surface area contributed by atoms with Crippen LogP contribution in [-0.4, -0.2) is 33.5 Å². The van der Waals surface area contributed by atoms with Crippen LogP contribution >= 0.6 is 0 Å². The van der Waals surface area contributed by atoms with Crippen molar-refractivity contribution in [3.63, 3.8) is 0 Å². The Kier molecular flexibility index (Phi) is 7.79. The molecule has 1 saturated heterocycles. The fourth-order valence-electron chi connectivity index (χ4n) is 0.885. The number of carbonyl (C=O) groups is 1. The summed E-state index contributed by atoms with van der Waals surface area (Å²) in [5.74, 6) is 0. The number of hydrogen-bond acceptors (Lipinski definition) is 4. The lowest BCUT2D eigenvalue weighted by Crippen LogP contribution is -2.21. The maximum atomic E-state index is 9.74. The quantitative estimate of drug-likeness (QED) is 0.561. The van der Waals surface area contributed by atoms with E-state index in [2.05, 4.69) is 14.8 Å². The molecule has 0 radical (unpaired) electrons. The lowest BCUT2D eigenvalue weighted by Gasteiger charge is -2.08. The van der Waals surface area contributed by atoms with Gasteiger partial charge in [0.25, 0.3) is 0 Å². The molecule has 0 unspecified atom stereocenters. The van der Waals surface area contributed by atoms with Crippen LogP contribution in [0.3, 0.4) is 0 Å². The molecule has 0 bridgehead atoms. The van der Waals surface area contributed by atoms with Gasteiger partial charge < -0.3 is 14.8 Å². The SMILES string of the molecule is C1CCNCC1.COC(=O)OC. The Bertz CT molecular complexity index is 95.4. The Balaban J connectivity index is 0.000000202. The largest absolute Gasteiger partial charge is 0.507 e. The predicted octanol–water partition coefficient (Wildman–Crippen LogP) is 1.16. The van der Waals surface area contributed by atoms with E-state index in [1.54, 1.807) is 0 Å². The number of nitrogens with one attached hydrogen (secondary N) is 1. The molecule has 1 fully saturated rings. The molecule has 0 aromatic carbocycles. The number of methoxy groups -OCH3 is 2. The molecule has 0 aromatic heterocycles. The van der Waals surface area contributed by atoms with Crippen molar-refractivity contribution in [3.8, 4) is 0 Å². The molecular formula is C8H17NO3. The third-order valence-electron chi connectivity index (χ3n) is 1.54. The van der Waals surface area contributed by atoms with E-state index in [0.29, 0.717) is 0 Å². The van der Waals surface area contributed by atoms with Crippen LogP contribution in [0.25, 0.3) is 0 Å². The molecule has 0 spiro atoms. The highest BCUT2D eigenvalue weighted by atomic mass is 16.7. The first kappa shape index (κ1) is 11.2. The summed E-state index contributed by atoms with van der Waals surface area (Å²) in [5, 5.41) is 3.28. The highest BCUT2D eigenvalue weighted by Crippen LogP contribution is 1.96. The van der Waals surface area contributed by atoms with Crippen molar-refractivity contribution >= 4 is 6.16 Å². The molecule has 0 amide bonds. The van der Waals surface area contributed by atoms with Gasteiger partial charge >= 0.3 is 6.16 Å². The van der Waals surface area contributed by atoms with Crippen LogP contribution in [0.2, 0.25) is 0 Å². The third kappa shape index (κ3) is 7.34. The molecule has 12 heavy (non-hydrogen) atoms. The van der Waals surface area contributed by atoms with Gasteiger partial charge in [0.2, 0.25) is 0 Å². The lowest BCUT2D eigenvalue weighted by atomic mass is 10.2. The lowest BCUT2D eigenvalue weighted by molar-refractivity contribution is 0.0924. The summed E-state index contributed by atoms with van der Waals surface area (Å²) < 4.78 is 8.08. The van der Waals surface area contributed by atoms with Gasteiger partial charge in [0.05, 0.1) is 14.2 Å². The van der Waals surface area contributed by atoms with Gasteiger partial charge in [-0.25, -0.2) is 4.79 Å². The summed E-state index contributed by atoms with van der Waals surface area (Å²) in [4.78, 5) is 9.74. The van der Waals surface area contributed by atoms with Crippen molar-refractivity contribution in [2.24, 2.45) is 0 Å². The Morgan fingerprint density at radius 1 is 1.08 bits per heavy atom. The number of ether oxygens (including phenoxy) is 2. The molecule has 0 aliphatic carbocycles. The van der Waals surface area contributed by atoms with E-state index in [0.717, 1.165) is 0 Å².